The summed E-state index contributed by atoms with van der Waals surface area (Å²) in [5, 5.41) is 13.5. The van der Waals surface area contributed by atoms with Crippen LogP contribution in [0.1, 0.15) is 0 Å². The number of alkyl halides is 1. The summed E-state index contributed by atoms with van der Waals surface area (Å²) in [6.07, 6.45) is 0. The van der Waals surface area contributed by atoms with E-state index in [-0.39, 0.29) is 0 Å². The monoisotopic (exact) mass is 232 g/mol. The second-order valence-corrected chi connectivity index (χ2v) is 2.89. The van der Waals surface area contributed by atoms with Gasteiger partial charge in [-0.2, -0.15) is 0 Å². The maximum atomic E-state index is 10.2. The average molecular weight is 233 g/mol. The van der Waals surface area contributed by atoms with Crippen LogP contribution in [0.3, 0.4) is 0 Å². The largest absolute Gasteiger partial charge is 0.480 e. The Kier molecular flexibility index (Phi) is 4.37. The van der Waals surface area contributed by atoms with Crippen LogP contribution >= 0.6 is 34.8 Å². The van der Waals surface area contributed by atoms with Crippen molar-refractivity contribution in [2.75, 3.05) is 0 Å². The maximum Gasteiger partial charge on any atom is 0.348 e. The summed E-state index contributed by atoms with van der Waals surface area (Å²) >= 11 is 15.5. The lowest BCUT2D eigenvalue weighted by atomic mass is 10.3. The smallest absolute Gasteiger partial charge is 0.348 e. The molecule has 4 nitrogen and oxygen atoms in total. The highest BCUT2D eigenvalue weighted by molar-refractivity contribution is 6.51. The molecule has 0 bridgehead atoms. The number of hydrogen-bond acceptors (Lipinski definition) is 2. The third-order valence-electron chi connectivity index (χ3n) is 0.837. The van der Waals surface area contributed by atoms with Crippen molar-refractivity contribution < 1.29 is 19.8 Å². The molecule has 7 heteroatoms. The highest BCUT2D eigenvalue weighted by Gasteiger charge is 2.23. The summed E-state index contributed by atoms with van der Waals surface area (Å²) in [6.45, 7) is 0. The summed E-state index contributed by atoms with van der Waals surface area (Å²) in [4.78, 5) is 20.3. The topological polar surface area (TPSA) is 74.6 Å². The number of rotatable bonds is 3. The minimum atomic E-state index is -1.63. The van der Waals surface area contributed by atoms with E-state index in [0.717, 1.165) is 0 Å². The zero-order valence-corrected chi connectivity index (χ0v) is 7.69. The Morgan fingerprint density at radius 2 is 1.58 bits per heavy atom. The van der Waals surface area contributed by atoms with Gasteiger partial charge in [-0.25, -0.2) is 4.79 Å². The van der Waals surface area contributed by atoms with E-state index in [1.54, 1.807) is 0 Å². The molecule has 0 saturated carbocycles. The van der Waals surface area contributed by atoms with Crippen LogP contribution in [0.25, 0.3) is 0 Å². The Morgan fingerprint density at radius 3 is 1.83 bits per heavy atom. The molecule has 0 aliphatic carbocycles. The van der Waals surface area contributed by atoms with E-state index in [4.69, 9.17) is 45.0 Å². The van der Waals surface area contributed by atoms with Gasteiger partial charge in [0.25, 0.3) is 0 Å². The van der Waals surface area contributed by atoms with Crippen molar-refractivity contribution in [1.82, 2.24) is 0 Å². The van der Waals surface area contributed by atoms with E-state index in [9.17, 15) is 9.59 Å². The molecule has 1 atom stereocenters. The summed E-state index contributed by atoms with van der Waals surface area (Å²) < 4.78 is 0. The third kappa shape index (κ3) is 2.89. The van der Waals surface area contributed by atoms with Crippen molar-refractivity contribution in [3.05, 3.63) is 10.1 Å². The Balaban J connectivity index is 4.78. The quantitative estimate of drug-likeness (QED) is 0.571. The molecular formula is C5H3Cl3O4. The van der Waals surface area contributed by atoms with Crippen LogP contribution in [0, 0.1) is 0 Å². The Labute approximate surface area is 82.3 Å². The van der Waals surface area contributed by atoms with Crippen molar-refractivity contribution in [1.29, 1.82) is 0 Å². The van der Waals surface area contributed by atoms with Crippen molar-refractivity contribution in [3.8, 4) is 0 Å². The van der Waals surface area contributed by atoms with E-state index in [1.807, 2.05) is 0 Å². The van der Waals surface area contributed by atoms with Gasteiger partial charge < -0.3 is 10.2 Å². The highest BCUT2D eigenvalue weighted by Crippen LogP contribution is 2.22. The molecule has 0 saturated heterocycles. The molecule has 0 aliphatic heterocycles. The van der Waals surface area contributed by atoms with Crippen molar-refractivity contribution in [2.24, 2.45) is 0 Å². The SMILES string of the molecule is O=C(O)C(Cl)=C(Cl)C(Cl)C(=O)O. The molecule has 68 valence electrons. The molecule has 0 amide bonds. The molecule has 0 fully saturated rings. The van der Waals surface area contributed by atoms with Gasteiger partial charge in [-0.05, 0) is 0 Å². The number of hydrogen-bond donors (Lipinski definition) is 2. The zero-order chi connectivity index (χ0) is 9.89. The first-order valence-electron chi connectivity index (χ1n) is 2.53. The van der Waals surface area contributed by atoms with Crippen molar-refractivity contribution >= 4 is 46.7 Å². The first-order chi connectivity index (χ1) is 5.37. The molecule has 1 unspecified atom stereocenters. The van der Waals surface area contributed by atoms with Gasteiger partial charge in [0, 0.05) is 0 Å². The second kappa shape index (κ2) is 4.54. The van der Waals surface area contributed by atoms with E-state index >= 15 is 0 Å². The fourth-order valence-electron chi connectivity index (χ4n) is 0.322. The predicted octanol–water partition coefficient (Wildman–Crippen LogP) is 1.45. The van der Waals surface area contributed by atoms with Gasteiger partial charge in [0.2, 0.25) is 0 Å². The van der Waals surface area contributed by atoms with Gasteiger partial charge in [0.15, 0.2) is 5.38 Å². The summed E-state index contributed by atoms with van der Waals surface area (Å²) in [5.41, 5.74) is 0. The normalized spacial score (nSPS) is 14.9. The van der Waals surface area contributed by atoms with Gasteiger partial charge in [-0.3, -0.25) is 4.79 Å². The Morgan fingerprint density at radius 1 is 1.17 bits per heavy atom. The molecule has 0 aromatic rings. The molecule has 0 rings (SSSR count). The molecule has 0 spiro atoms. The number of carboxylic acid groups (broad SMARTS) is 2. The van der Waals surface area contributed by atoms with Gasteiger partial charge in [0.1, 0.15) is 5.03 Å². The third-order valence-corrected chi connectivity index (χ3v) is 2.22. The maximum absolute atomic E-state index is 10.2. The Hall–Kier alpha value is -0.450. The predicted molar refractivity (Wildman–Crippen MR) is 43.6 cm³/mol. The molecule has 2 N–H and O–H groups in total. The van der Waals surface area contributed by atoms with Crippen LogP contribution < -0.4 is 0 Å². The molecule has 0 aliphatic rings. The van der Waals surface area contributed by atoms with Crippen LogP contribution in [0.15, 0.2) is 10.1 Å². The molecule has 0 aromatic carbocycles. The summed E-state index contributed by atoms with van der Waals surface area (Å²) in [5.74, 6) is -2.98. The lowest BCUT2D eigenvalue weighted by Gasteiger charge is -2.02. The first-order valence-corrected chi connectivity index (χ1v) is 3.72. The number of halogens is 3. The second-order valence-electron chi connectivity index (χ2n) is 1.67. The van der Waals surface area contributed by atoms with Crippen molar-refractivity contribution in [2.45, 2.75) is 5.38 Å². The van der Waals surface area contributed by atoms with Crippen LogP contribution in [-0.4, -0.2) is 27.5 Å². The standard InChI is InChI=1S/C5H3Cl3O4/c6-1(2(7)4(9)10)3(8)5(11)12/h2H,(H,9,10)(H,11,12). The first kappa shape index (κ1) is 11.6. The molecule has 12 heavy (non-hydrogen) atoms. The Bertz CT molecular complexity index is 247. The van der Waals surface area contributed by atoms with E-state index in [2.05, 4.69) is 0 Å². The van der Waals surface area contributed by atoms with E-state index < -0.39 is 27.4 Å². The van der Waals surface area contributed by atoms with Crippen LogP contribution in [0.4, 0.5) is 0 Å². The number of aliphatic carboxylic acids is 2. The average Bonchev–Trinajstić information content (AvgIpc) is 2.00. The highest BCUT2D eigenvalue weighted by atomic mass is 35.5. The van der Waals surface area contributed by atoms with Crippen molar-refractivity contribution in [3.63, 3.8) is 0 Å². The van der Waals surface area contributed by atoms with Gasteiger partial charge >= 0.3 is 11.9 Å². The fraction of sp³-hybridized carbons (Fsp3) is 0.200. The van der Waals surface area contributed by atoms with Crippen LogP contribution in [0.2, 0.25) is 0 Å². The van der Waals surface area contributed by atoms with E-state index in [0.29, 0.717) is 0 Å². The molecule has 0 aromatic heterocycles. The molecular weight excluding hydrogens is 230 g/mol. The lowest BCUT2D eigenvalue weighted by Crippen LogP contribution is -2.15. The van der Waals surface area contributed by atoms with Gasteiger partial charge in [-0.1, -0.05) is 23.2 Å². The van der Waals surface area contributed by atoms with Crippen LogP contribution in [0.5, 0.6) is 0 Å². The molecule has 0 radical (unpaired) electrons. The number of carbonyl (C=O) groups is 2. The number of carboxylic acids is 2. The van der Waals surface area contributed by atoms with Gasteiger partial charge in [-0.15, -0.1) is 11.6 Å². The zero-order valence-electron chi connectivity index (χ0n) is 5.42. The van der Waals surface area contributed by atoms with Gasteiger partial charge in [0.05, 0.1) is 5.03 Å². The summed E-state index contributed by atoms with van der Waals surface area (Å²) in [7, 11) is 0. The summed E-state index contributed by atoms with van der Waals surface area (Å²) in [6, 6.07) is 0. The minimum absolute atomic E-state index is 0.613. The minimum Gasteiger partial charge on any atom is -0.480 e. The lowest BCUT2D eigenvalue weighted by molar-refractivity contribution is -0.135. The van der Waals surface area contributed by atoms with Crippen LogP contribution in [-0.2, 0) is 9.59 Å². The fourth-order valence-corrected chi connectivity index (χ4v) is 0.770. The van der Waals surface area contributed by atoms with E-state index in [1.165, 1.54) is 0 Å². The molecule has 0 heterocycles.